The zero-order chi connectivity index (χ0) is 17.8. The second-order valence-corrected chi connectivity index (χ2v) is 7.25. The summed E-state index contributed by atoms with van der Waals surface area (Å²) in [5.41, 5.74) is 0.947. The first-order valence-electron chi connectivity index (χ1n) is 9.14. The molecular weight excluding hydrogens is 318 g/mol. The summed E-state index contributed by atoms with van der Waals surface area (Å²) in [5, 5.41) is 0. The lowest BCUT2D eigenvalue weighted by molar-refractivity contribution is -0.151. The molecule has 1 aromatic rings. The number of ether oxygens (including phenoxy) is 1. The monoisotopic (exact) mass is 345 g/mol. The average molecular weight is 345 g/mol. The van der Waals surface area contributed by atoms with Crippen molar-refractivity contribution in [1.29, 1.82) is 0 Å². The van der Waals surface area contributed by atoms with Crippen molar-refractivity contribution < 1.29 is 14.3 Å². The van der Waals surface area contributed by atoms with E-state index in [1.165, 1.54) is 0 Å². The number of carbonyl (C=O) groups is 2. The zero-order valence-electron chi connectivity index (χ0n) is 15.1. The van der Waals surface area contributed by atoms with E-state index < -0.39 is 0 Å². The fourth-order valence-electron chi connectivity index (χ4n) is 3.80. The van der Waals surface area contributed by atoms with Gasteiger partial charge in [0.1, 0.15) is 0 Å². The Morgan fingerprint density at radius 1 is 1.36 bits per heavy atom. The molecule has 3 rings (SSSR count). The molecule has 6 heteroatoms. The highest BCUT2D eigenvalue weighted by Crippen LogP contribution is 2.38. The van der Waals surface area contributed by atoms with Crippen LogP contribution in [0.3, 0.4) is 0 Å². The van der Waals surface area contributed by atoms with Crippen LogP contribution in [0.1, 0.15) is 38.3 Å². The van der Waals surface area contributed by atoms with E-state index in [4.69, 9.17) is 4.74 Å². The Kier molecular flexibility index (Phi) is 5.68. The first-order chi connectivity index (χ1) is 12.1. The van der Waals surface area contributed by atoms with Crippen molar-refractivity contribution >= 4 is 11.8 Å². The van der Waals surface area contributed by atoms with Crippen LogP contribution in [0.2, 0.25) is 0 Å². The highest BCUT2D eigenvalue weighted by molar-refractivity contribution is 5.85. The first kappa shape index (κ1) is 17.9. The van der Waals surface area contributed by atoms with Gasteiger partial charge in [-0.25, -0.2) is 0 Å². The van der Waals surface area contributed by atoms with Gasteiger partial charge in [0.15, 0.2) is 0 Å². The summed E-state index contributed by atoms with van der Waals surface area (Å²) in [4.78, 5) is 33.8. The molecule has 6 nitrogen and oxygen atoms in total. The molecule has 0 aliphatic carbocycles. The SMILES string of the molecule is CC(C)CN1C(=O)CC[C@@H](C(=O)N2CCOCC2)[C@@H]1c1cccnc1. The average Bonchev–Trinajstić information content (AvgIpc) is 2.64. The smallest absolute Gasteiger partial charge is 0.228 e. The van der Waals surface area contributed by atoms with Gasteiger partial charge in [0.05, 0.1) is 25.2 Å². The molecule has 1 aromatic heterocycles. The summed E-state index contributed by atoms with van der Waals surface area (Å²) in [6.07, 6.45) is 4.54. The second kappa shape index (κ2) is 7.95. The Morgan fingerprint density at radius 2 is 2.12 bits per heavy atom. The number of likely N-dealkylation sites (tertiary alicyclic amines) is 1. The van der Waals surface area contributed by atoms with Gasteiger partial charge in [0.25, 0.3) is 0 Å². The summed E-state index contributed by atoms with van der Waals surface area (Å²) in [7, 11) is 0. The molecule has 0 bridgehead atoms. The standard InChI is InChI=1S/C19H27N3O3/c1-14(2)13-22-17(23)6-5-16(18(22)15-4-3-7-20-12-15)19(24)21-8-10-25-11-9-21/h3-4,7,12,14,16,18H,5-6,8-11,13H2,1-2H3/t16-,18+/m1/s1. The van der Waals surface area contributed by atoms with E-state index in [1.54, 1.807) is 12.4 Å². The van der Waals surface area contributed by atoms with E-state index in [1.807, 2.05) is 21.9 Å². The molecule has 0 aromatic carbocycles. The van der Waals surface area contributed by atoms with Crippen LogP contribution >= 0.6 is 0 Å². The number of aromatic nitrogens is 1. The first-order valence-corrected chi connectivity index (χ1v) is 9.14. The highest BCUT2D eigenvalue weighted by atomic mass is 16.5. The molecule has 2 atom stereocenters. The summed E-state index contributed by atoms with van der Waals surface area (Å²) in [6.45, 7) is 7.29. The van der Waals surface area contributed by atoms with Crippen LogP contribution in [0.5, 0.6) is 0 Å². The molecule has 2 aliphatic rings. The predicted octanol–water partition coefficient (Wildman–Crippen LogP) is 1.88. The van der Waals surface area contributed by atoms with Crippen molar-refractivity contribution in [2.45, 2.75) is 32.7 Å². The maximum absolute atomic E-state index is 13.2. The molecule has 25 heavy (non-hydrogen) atoms. The van der Waals surface area contributed by atoms with E-state index >= 15 is 0 Å². The zero-order valence-corrected chi connectivity index (χ0v) is 15.1. The van der Waals surface area contributed by atoms with Crippen molar-refractivity contribution in [2.24, 2.45) is 11.8 Å². The van der Waals surface area contributed by atoms with Crippen LogP contribution in [0.4, 0.5) is 0 Å². The van der Waals surface area contributed by atoms with Gasteiger partial charge in [-0.15, -0.1) is 0 Å². The Balaban J connectivity index is 1.91. The summed E-state index contributed by atoms with van der Waals surface area (Å²) < 4.78 is 5.37. The number of rotatable bonds is 4. The molecule has 2 amide bonds. The predicted molar refractivity (Wildman–Crippen MR) is 93.7 cm³/mol. The van der Waals surface area contributed by atoms with Crippen molar-refractivity contribution in [3.05, 3.63) is 30.1 Å². The third kappa shape index (κ3) is 4.00. The van der Waals surface area contributed by atoms with E-state index in [-0.39, 0.29) is 23.8 Å². The van der Waals surface area contributed by atoms with Crippen LogP contribution in [-0.2, 0) is 14.3 Å². The number of piperidine rings is 1. The van der Waals surface area contributed by atoms with Crippen molar-refractivity contribution in [1.82, 2.24) is 14.8 Å². The number of pyridine rings is 1. The maximum Gasteiger partial charge on any atom is 0.228 e. The van der Waals surface area contributed by atoms with Gasteiger partial charge in [-0.3, -0.25) is 14.6 Å². The molecule has 3 heterocycles. The molecule has 136 valence electrons. The lowest BCUT2D eigenvalue weighted by Crippen LogP contribution is -2.52. The molecule has 2 fully saturated rings. The Morgan fingerprint density at radius 3 is 2.76 bits per heavy atom. The van der Waals surface area contributed by atoms with Crippen LogP contribution in [-0.4, -0.2) is 59.4 Å². The number of morpholine rings is 1. The van der Waals surface area contributed by atoms with E-state index in [0.29, 0.717) is 51.6 Å². The Labute approximate surface area is 149 Å². The lowest BCUT2D eigenvalue weighted by atomic mass is 9.83. The minimum Gasteiger partial charge on any atom is -0.378 e. The number of hydrogen-bond acceptors (Lipinski definition) is 4. The highest BCUT2D eigenvalue weighted by Gasteiger charge is 2.42. The summed E-state index contributed by atoms with van der Waals surface area (Å²) in [6, 6.07) is 3.62. The van der Waals surface area contributed by atoms with Crippen molar-refractivity contribution in [3.63, 3.8) is 0 Å². The molecule has 2 saturated heterocycles. The van der Waals surface area contributed by atoms with Gasteiger partial charge in [-0.2, -0.15) is 0 Å². The molecule has 0 N–H and O–H groups in total. The lowest BCUT2D eigenvalue weighted by Gasteiger charge is -2.43. The van der Waals surface area contributed by atoms with E-state index in [2.05, 4.69) is 18.8 Å². The quantitative estimate of drug-likeness (QED) is 0.836. The van der Waals surface area contributed by atoms with Gasteiger partial charge >= 0.3 is 0 Å². The van der Waals surface area contributed by atoms with E-state index in [9.17, 15) is 9.59 Å². The molecule has 0 unspecified atom stereocenters. The van der Waals surface area contributed by atoms with Gasteiger partial charge in [0.2, 0.25) is 11.8 Å². The van der Waals surface area contributed by atoms with Crippen LogP contribution in [0, 0.1) is 11.8 Å². The van der Waals surface area contributed by atoms with Crippen LogP contribution in [0.15, 0.2) is 24.5 Å². The fraction of sp³-hybridized carbons (Fsp3) is 0.632. The molecular formula is C19H27N3O3. The Bertz CT molecular complexity index is 599. The molecule has 0 radical (unpaired) electrons. The number of amides is 2. The van der Waals surface area contributed by atoms with Crippen molar-refractivity contribution in [3.8, 4) is 0 Å². The topological polar surface area (TPSA) is 62.7 Å². The number of nitrogens with zero attached hydrogens (tertiary/aromatic N) is 3. The van der Waals surface area contributed by atoms with Gasteiger partial charge < -0.3 is 14.5 Å². The second-order valence-electron chi connectivity index (χ2n) is 7.25. The fourth-order valence-corrected chi connectivity index (χ4v) is 3.80. The normalized spacial score (nSPS) is 24.7. The van der Waals surface area contributed by atoms with Crippen LogP contribution in [0.25, 0.3) is 0 Å². The molecule has 2 aliphatic heterocycles. The largest absolute Gasteiger partial charge is 0.378 e. The summed E-state index contributed by atoms with van der Waals surface area (Å²) in [5.74, 6) is 0.408. The maximum atomic E-state index is 13.2. The van der Waals surface area contributed by atoms with Crippen molar-refractivity contribution in [2.75, 3.05) is 32.8 Å². The molecule has 0 saturated carbocycles. The number of carbonyl (C=O) groups excluding carboxylic acids is 2. The third-order valence-electron chi connectivity index (χ3n) is 4.93. The van der Waals surface area contributed by atoms with Crippen LogP contribution < -0.4 is 0 Å². The Hall–Kier alpha value is -1.95. The minimum atomic E-state index is -0.229. The van der Waals surface area contributed by atoms with Gasteiger partial charge in [-0.05, 0) is 24.0 Å². The van der Waals surface area contributed by atoms with E-state index in [0.717, 1.165) is 5.56 Å². The summed E-state index contributed by atoms with van der Waals surface area (Å²) >= 11 is 0. The molecule has 0 spiro atoms. The number of hydrogen-bond donors (Lipinski definition) is 0. The minimum absolute atomic E-state index is 0.133. The van der Waals surface area contributed by atoms with Gasteiger partial charge in [0, 0.05) is 38.4 Å². The third-order valence-corrected chi connectivity index (χ3v) is 4.93. The van der Waals surface area contributed by atoms with Gasteiger partial charge in [-0.1, -0.05) is 19.9 Å².